The molecular weight excluding hydrogens is 266 g/mol. The molecule has 1 heterocycles. The van der Waals surface area contributed by atoms with Crippen LogP contribution in [0, 0.1) is 0 Å². The highest BCUT2D eigenvalue weighted by Gasteiger charge is 2.12. The summed E-state index contributed by atoms with van der Waals surface area (Å²) in [7, 11) is 0. The third-order valence-electron chi connectivity index (χ3n) is 3.35. The van der Waals surface area contributed by atoms with E-state index in [4.69, 9.17) is 9.47 Å². The highest BCUT2D eigenvalue weighted by molar-refractivity contribution is 5.88. The first-order valence-electron chi connectivity index (χ1n) is 7.19. The van der Waals surface area contributed by atoms with E-state index in [2.05, 4.69) is 0 Å². The van der Waals surface area contributed by atoms with Crippen molar-refractivity contribution in [3.8, 4) is 11.5 Å². The predicted molar refractivity (Wildman–Crippen MR) is 83.3 cm³/mol. The van der Waals surface area contributed by atoms with Crippen LogP contribution < -0.4 is 9.47 Å². The maximum atomic E-state index is 11.9. The average molecular weight is 287 g/mol. The fourth-order valence-corrected chi connectivity index (χ4v) is 2.16. The Morgan fingerprint density at radius 2 is 1.90 bits per heavy atom. The number of benzene rings is 1. The molecule has 0 fully saturated rings. The lowest BCUT2D eigenvalue weighted by Gasteiger charge is -2.15. The molecule has 0 aliphatic carbocycles. The lowest BCUT2D eigenvalue weighted by molar-refractivity contribution is -0.125. The van der Waals surface area contributed by atoms with Gasteiger partial charge in [0, 0.05) is 19.2 Å². The largest absolute Gasteiger partial charge is 0.454 e. The lowest BCUT2D eigenvalue weighted by Crippen LogP contribution is -2.28. The monoisotopic (exact) mass is 287 g/mol. The molecule has 2 rings (SSSR count). The number of carbonyl (C=O) groups excluding carboxylic acids is 1. The molecule has 0 radical (unpaired) electrons. The molecule has 0 N–H and O–H groups in total. The third-order valence-corrected chi connectivity index (χ3v) is 3.35. The van der Waals surface area contributed by atoms with Crippen molar-refractivity contribution in [2.24, 2.45) is 0 Å². The second-order valence-corrected chi connectivity index (χ2v) is 4.84. The summed E-state index contributed by atoms with van der Waals surface area (Å²) in [5, 5.41) is 0. The first-order chi connectivity index (χ1) is 10.1. The molecule has 21 heavy (non-hydrogen) atoms. The fourth-order valence-electron chi connectivity index (χ4n) is 2.16. The normalized spacial score (nSPS) is 13.8. The van der Waals surface area contributed by atoms with E-state index in [1.807, 2.05) is 51.1 Å². The van der Waals surface area contributed by atoms with E-state index in [1.54, 1.807) is 11.0 Å². The van der Waals surface area contributed by atoms with Crippen LogP contribution in [-0.4, -0.2) is 30.7 Å². The number of hydrogen-bond donors (Lipinski definition) is 0. The molecule has 0 atom stereocenters. The second kappa shape index (κ2) is 6.97. The van der Waals surface area contributed by atoms with Crippen molar-refractivity contribution in [2.45, 2.75) is 20.8 Å². The zero-order chi connectivity index (χ0) is 15.2. The molecule has 0 unspecified atom stereocenters. The Morgan fingerprint density at radius 1 is 1.19 bits per heavy atom. The summed E-state index contributed by atoms with van der Waals surface area (Å²) >= 11 is 0. The van der Waals surface area contributed by atoms with Crippen molar-refractivity contribution < 1.29 is 14.3 Å². The summed E-state index contributed by atoms with van der Waals surface area (Å²) in [5.74, 6) is 1.58. The number of likely N-dealkylation sites (N-methyl/N-ethyl adjacent to an activating group) is 1. The molecule has 1 aromatic rings. The van der Waals surface area contributed by atoms with Gasteiger partial charge in [0.25, 0.3) is 0 Å². The van der Waals surface area contributed by atoms with E-state index in [-0.39, 0.29) is 12.7 Å². The molecule has 0 spiro atoms. The van der Waals surface area contributed by atoms with Crippen LogP contribution in [0.25, 0.3) is 6.08 Å². The SMILES string of the molecule is CCN(CC)C(=O)C=CC(C)=Cc1ccc2c(c1)OCO2. The van der Waals surface area contributed by atoms with Crippen LogP contribution in [0.1, 0.15) is 26.3 Å². The van der Waals surface area contributed by atoms with Gasteiger partial charge in [-0.05, 0) is 38.5 Å². The highest BCUT2D eigenvalue weighted by atomic mass is 16.7. The van der Waals surface area contributed by atoms with Crippen molar-refractivity contribution in [3.05, 3.63) is 41.5 Å². The van der Waals surface area contributed by atoms with Crippen molar-refractivity contribution >= 4 is 12.0 Å². The van der Waals surface area contributed by atoms with Gasteiger partial charge in [0.1, 0.15) is 0 Å². The molecule has 0 saturated heterocycles. The number of amides is 1. The second-order valence-electron chi connectivity index (χ2n) is 4.84. The van der Waals surface area contributed by atoms with Gasteiger partial charge in [-0.25, -0.2) is 0 Å². The first-order valence-corrected chi connectivity index (χ1v) is 7.19. The Kier molecular flexibility index (Phi) is 5.04. The zero-order valence-corrected chi connectivity index (χ0v) is 12.8. The van der Waals surface area contributed by atoms with Crippen LogP contribution in [-0.2, 0) is 4.79 Å². The van der Waals surface area contributed by atoms with Gasteiger partial charge >= 0.3 is 0 Å². The molecule has 1 aliphatic rings. The molecule has 112 valence electrons. The number of carbonyl (C=O) groups is 1. The van der Waals surface area contributed by atoms with E-state index in [0.29, 0.717) is 0 Å². The summed E-state index contributed by atoms with van der Waals surface area (Å²) in [6.07, 6.45) is 5.46. The Bertz CT molecular complexity index is 571. The molecule has 4 nitrogen and oxygen atoms in total. The number of allylic oxidation sites excluding steroid dienone is 2. The van der Waals surface area contributed by atoms with Crippen LogP contribution >= 0.6 is 0 Å². The summed E-state index contributed by atoms with van der Waals surface area (Å²) in [4.78, 5) is 13.7. The van der Waals surface area contributed by atoms with Crippen LogP contribution in [0.15, 0.2) is 35.9 Å². The maximum absolute atomic E-state index is 11.9. The van der Waals surface area contributed by atoms with Crippen molar-refractivity contribution in [1.29, 1.82) is 0 Å². The van der Waals surface area contributed by atoms with E-state index in [9.17, 15) is 4.79 Å². The Morgan fingerprint density at radius 3 is 2.62 bits per heavy atom. The predicted octanol–water partition coefficient (Wildman–Crippen LogP) is 3.24. The molecular formula is C17H21NO3. The zero-order valence-electron chi connectivity index (χ0n) is 12.8. The van der Waals surface area contributed by atoms with Gasteiger partial charge in [0.15, 0.2) is 11.5 Å². The van der Waals surface area contributed by atoms with Crippen LogP contribution in [0.5, 0.6) is 11.5 Å². The maximum Gasteiger partial charge on any atom is 0.246 e. The number of rotatable bonds is 5. The van der Waals surface area contributed by atoms with Gasteiger partial charge < -0.3 is 14.4 Å². The molecule has 0 aromatic heterocycles. The quantitative estimate of drug-likeness (QED) is 0.616. The van der Waals surface area contributed by atoms with Gasteiger partial charge in [-0.1, -0.05) is 23.8 Å². The molecule has 1 aliphatic heterocycles. The number of ether oxygens (including phenoxy) is 2. The van der Waals surface area contributed by atoms with Crippen molar-refractivity contribution in [2.75, 3.05) is 19.9 Å². The van der Waals surface area contributed by atoms with Gasteiger partial charge in [0.05, 0.1) is 0 Å². The Labute approximate surface area is 125 Å². The van der Waals surface area contributed by atoms with Crippen LogP contribution in [0.3, 0.4) is 0 Å². The minimum atomic E-state index is 0.0402. The number of nitrogens with zero attached hydrogens (tertiary/aromatic N) is 1. The lowest BCUT2D eigenvalue weighted by atomic mass is 10.1. The average Bonchev–Trinajstić information content (AvgIpc) is 2.94. The van der Waals surface area contributed by atoms with E-state index >= 15 is 0 Å². The summed E-state index contributed by atoms with van der Waals surface area (Å²) < 4.78 is 10.6. The minimum Gasteiger partial charge on any atom is -0.454 e. The smallest absolute Gasteiger partial charge is 0.246 e. The van der Waals surface area contributed by atoms with Crippen LogP contribution in [0.4, 0.5) is 0 Å². The standard InChI is InChI=1S/C17H21NO3/c1-4-18(5-2)17(19)9-6-13(3)10-14-7-8-15-16(11-14)21-12-20-15/h6-11H,4-5,12H2,1-3H3. The Balaban J connectivity index is 2.05. The molecule has 0 saturated carbocycles. The van der Waals surface area contributed by atoms with Gasteiger partial charge in [-0.3, -0.25) is 4.79 Å². The van der Waals surface area contributed by atoms with Gasteiger partial charge in [-0.2, -0.15) is 0 Å². The Hall–Kier alpha value is -2.23. The summed E-state index contributed by atoms with van der Waals surface area (Å²) in [6, 6.07) is 5.80. The van der Waals surface area contributed by atoms with Gasteiger partial charge in [-0.15, -0.1) is 0 Å². The molecule has 1 aromatic carbocycles. The van der Waals surface area contributed by atoms with Crippen molar-refractivity contribution in [1.82, 2.24) is 4.90 Å². The van der Waals surface area contributed by atoms with E-state index < -0.39 is 0 Å². The highest BCUT2D eigenvalue weighted by Crippen LogP contribution is 2.33. The van der Waals surface area contributed by atoms with E-state index in [0.717, 1.165) is 35.7 Å². The molecule has 4 heteroatoms. The molecule has 1 amide bonds. The minimum absolute atomic E-state index is 0.0402. The fraction of sp³-hybridized carbons (Fsp3) is 0.353. The summed E-state index contributed by atoms with van der Waals surface area (Å²) in [5.41, 5.74) is 2.03. The number of hydrogen-bond acceptors (Lipinski definition) is 3. The van der Waals surface area contributed by atoms with Crippen LogP contribution in [0.2, 0.25) is 0 Å². The number of fused-ring (bicyclic) bond motifs is 1. The van der Waals surface area contributed by atoms with Crippen molar-refractivity contribution in [3.63, 3.8) is 0 Å². The summed E-state index contributed by atoms with van der Waals surface area (Å²) in [6.45, 7) is 7.65. The third kappa shape index (κ3) is 3.88. The topological polar surface area (TPSA) is 38.8 Å². The van der Waals surface area contributed by atoms with Gasteiger partial charge in [0.2, 0.25) is 12.7 Å². The van der Waals surface area contributed by atoms with E-state index in [1.165, 1.54) is 0 Å². The molecule has 0 bridgehead atoms. The first kappa shape index (κ1) is 15.2.